The summed E-state index contributed by atoms with van der Waals surface area (Å²) in [4.78, 5) is 6.61. The molecule has 2 heterocycles. The Morgan fingerprint density at radius 3 is 2.95 bits per heavy atom. The van der Waals surface area contributed by atoms with Gasteiger partial charge < -0.3 is 19.8 Å². The highest BCUT2D eigenvalue weighted by molar-refractivity contribution is 14.0. The lowest BCUT2D eigenvalue weighted by Gasteiger charge is -2.20. The molecule has 1 atom stereocenters. The van der Waals surface area contributed by atoms with Gasteiger partial charge in [-0.3, -0.25) is 0 Å². The quantitative estimate of drug-likeness (QED) is 0.459. The third kappa shape index (κ3) is 4.62. The van der Waals surface area contributed by atoms with Crippen LogP contribution >= 0.6 is 24.0 Å². The molecule has 1 aromatic rings. The number of β-amino-alcohol motifs (C(OH)–C–C–N with tert-alkyl or cyclic N) is 1. The minimum absolute atomic E-state index is 0. The third-order valence-electron chi connectivity index (χ3n) is 3.15. The number of aliphatic hydroxyl groups excluding tert-OH is 1. The first-order chi connectivity index (χ1) is 9.22. The summed E-state index contributed by atoms with van der Waals surface area (Å²) in [6.45, 7) is 6.84. The second-order valence-electron chi connectivity index (χ2n) is 4.70. The van der Waals surface area contributed by atoms with Gasteiger partial charge >= 0.3 is 0 Å². The summed E-state index contributed by atoms with van der Waals surface area (Å²) >= 11 is 0. The van der Waals surface area contributed by atoms with Crippen molar-refractivity contribution in [3.63, 3.8) is 0 Å². The monoisotopic (exact) mass is 394 g/mol. The van der Waals surface area contributed by atoms with E-state index in [9.17, 15) is 5.11 Å². The number of aromatic nitrogens is 1. The molecule has 1 aromatic heterocycles. The zero-order chi connectivity index (χ0) is 13.7. The molecule has 0 saturated carbocycles. The number of aliphatic imine (C=N–C) groups is 1. The lowest BCUT2D eigenvalue weighted by atomic mass is 10.3. The van der Waals surface area contributed by atoms with E-state index in [0.29, 0.717) is 13.1 Å². The molecule has 1 aliphatic heterocycles. The Morgan fingerprint density at radius 1 is 1.60 bits per heavy atom. The summed E-state index contributed by atoms with van der Waals surface area (Å²) in [6.07, 6.45) is 1.42. The summed E-state index contributed by atoms with van der Waals surface area (Å²) in [6, 6.07) is 1.94. The lowest BCUT2D eigenvalue weighted by molar-refractivity contribution is 0.187. The molecule has 114 valence electrons. The van der Waals surface area contributed by atoms with Gasteiger partial charge in [-0.05, 0) is 19.8 Å². The Kier molecular flexibility index (Phi) is 7.28. The van der Waals surface area contributed by atoms with Crippen LogP contribution in [0.3, 0.4) is 0 Å². The number of aryl methyl sites for hydroxylation is 1. The Balaban J connectivity index is 0.00000200. The first-order valence-electron chi connectivity index (χ1n) is 6.88. The van der Waals surface area contributed by atoms with Crippen molar-refractivity contribution in [2.24, 2.45) is 4.99 Å². The van der Waals surface area contributed by atoms with Gasteiger partial charge in [-0.2, -0.15) is 0 Å². The standard InChI is InChI=1S/C13H22N4O2.HI/c1-3-10-7-12(19-16-10)8-15-13(14-4-2)17-6-5-11(18)9-17;/h7,11,18H,3-6,8-9H2,1-2H3,(H,14,15);1H/t11-;/m1./s1. The summed E-state index contributed by atoms with van der Waals surface area (Å²) in [5, 5.41) is 16.8. The summed E-state index contributed by atoms with van der Waals surface area (Å²) in [5.74, 6) is 1.60. The maximum absolute atomic E-state index is 9.58. The highest BCUT2D eigenvalue weighted by Crippen LogP contribution is 2.10. The largest absolute Gasteiger partial charge is 0.391 e. The fourth-order valence-electron chi connectivity index (χ4n) is 2.11. The van der Waals surface area contributed by atoms with Crippen LogP contribution < -0.4 is 5.32 Å². The molecule has 20 heavy (non-hydrogen) atoms. The van der Waals surface area contributed by atoms with Gasteiger partial charge in [-0.25, -0.2) is 4.99 Å². The van der Waals surface area contributed by atoms with E-state index >= 15 is 0 Å². The van der Waals surface area contributed by atoms with Gasteiger partial charge in [0.05, 0.1) is 11.8 Å². The molecular formula is C13H23IN4O2. The van der Waals surface area contributed by atoms with Crippen molar-refractivity contribution in [2.45, 2.75) is 39.3 Å². The Morgan fingerprint density at radius 2 is 2.40 bits per heavy atom. The number of nitrogens with one attached hydrogen (secondary N) is 1. The van der Waals surface area contributed by atoms with E-state index in [2.05, 4.69) is 20.4 Å². The number of halogens is 1. The zero-order valence-corrected chi connectivity index (χ0v) is 14.3. The molecule has 0 aromatic carbocycles. The Labute approximate surface area is 136 Å². The number of hydrogen-bond acceptors (Lipinski definition) is 4. The molecule has 1 fully saturated rings. The molecule has 0 spiro atoms. The van der Waals surface area contributed by atoms with Gasteiger partial charge in [0.25, 0.3) is 0 Å². The van der Waals surface area contributed by atoms with Crippen LogP contribution in [0.25, 0.3) is 0 Å². The van der Waals surface area contributed by atoms with Crippen LogP contribution in [0.1, 0.15) is 31.7 Å². The van der Waals surface area contributed by atoms with Crippen LogP contribution in [0, 0.1) is 0 Å². The van der Waals surface area contributed by atoms with E-state index in [1.54, 1.807) is 0 Å². The number of guanidine groups is 1. The zero-order valence-electron chi connectivity index (χ0n) is 12.0. The van der Waals surface area contributed by atoms with Crippen molar-refractivity contribution < 1.29 is 9.63 Å². The number of nitrogens with zero attached hydrogens (tertiary/aromatic N) is 3. The summed E-state index contributed by atoms with van der Waals surface area (Å²) in [7, 11) is 0. The molecule has 2 N–H and O–H groups in total. The van der Waals surface area contributed by atoms with Crippen molar-refractivity contribution in [2.75, 3.05) is 19.6 Å². The van der Waals surface area contributed by atoms with Gasteiger partial charge in [0.15, 0.2) is 11.7 Å². The predicted molar refractivity (Wildman–Crippen MR) is 88.3 cm³/mol. The van der Waals surface area contributed by atoms with E-state index in [0.717, 1.165) is 43.3 Å². The number of hydrogen-bond donors (Lipinski definition) is 2. The number of rotatable bonds is 4. The Hall–Kier alpha value is -0.830. The average molecular weight is 394 g/mol. The van der Waals surface area contributed by atoms with Gasteiger partial charge in [-0.15, -0.1) is 24.0 Å². The van der Waals surface area contributed by atoms with Crippen molar-refractivity contribution in [3.05, 3.63) is 17.5 Å². The van der Waals surface area contributed by atoms with Crippen LogP contribution in [-0.2, 0) is 13.0 Å². The molecule has 6 nitrogen and oxygen atoms in total. The Bertz CT molecular complexity index is 436. The van der Waals surface area contributed by atoms with Crippen molar-refractivity contribution in [1.82, 2.24) is 15.4 Å². The molecule has 1 saturated heterocycles. The lowest BCUT2D eigenvalue weighted by Crippen LogP contribution is -2.40. The van der Waals surface area contributed by atoms with E-state index in [-0.39, 0.29) is 30.1 Å². The van der Waals surface area contributed by atoms with Gasteiger partial charge in [0, 0.05) is 25.7 Å². The fraction of sp³-hybridized carbons (Fsp3) is 0.692. The molecular weight excluding hydrogens is 371 g/mol. The highest BCUT2D eigenvalue weighted by Gasteiger charge is 2.22. The molecule has 0 bridgehead atoms. The van der Waals surface area contributed by atoms with Crippen molar-refractivity contribution >= 4 is 29.9 Å². The maximum atomic E-state index is 9.58. The topological polar surface area (TPSA) is 73.9 Å². The summed E-state index contributed by atoms with van der Waals surface area (Å²) < 4.78 is 5.22. The molecule has 0 amide bonds. The maximum Gasteiger partial charge on any atom is 0.194 e. The fourth-order valence-corrected chi connectivity index (χ4v) is 2.11. The van der Waals surface area contributed by atoms with Gasteiger partial charge in [0.1, 0.15) is 6.54 Å². The van der Waals surface area contributed by atoms with Gasteiger partial charge in [-0.1, -0.05) is 12.1 Å². The van der Waals surface area contributed by atoms with E-state index in [1.165, 1.54) is 0 Å². The van der Waals surface area contributed by atoms with Gasteiger partial charge in [0.2, 0.25) is 0 Å². The minimum Gasteiger partial charge on any atom is -0.391 e. The van der Waals surface area contributed by atoms with Crippen LogP contribution in [0.2, 0.25) is 0 Å². The van der Waals surface area contributed by atoms with E-state index in [4.69, 9.17) is 4.52 Å². The van der Waals surface area contributed by atoms with Crippen LogP contribution in [-0.4, -0.2) is 46.9 Å². The minimum atomic E-state index is -0.249. The summed E-state index contributed by atoms with van der Waals surface area (Å²) in [5.41, 5.74) is 0.951. The SMILES string of the molecule is CCNC(=NCc1cc(CC)no1)N1CC[C@@H](O)C1.I. The predicted octanol–water partition coefficient (Wildman–Crippen LogP) is 1.39. The molecule has 7 heteroatoms. The van der Waals surface area contributed by atoms with Crippen LogP contribution in [0.4, 0.5) is 0 Å². The third-order valence-corrected chi connectivity index (χ3v) is 3.15. The second kappa shape index (κ2) is 8.46. The van der Waals surface area contributed by atoms with Crippen molar-refractivity contribution in [1.29, 1.82) is 0 Å². The smallest absolute Gasteiger partial charge is 0.194 e. The number of likely N-dealkylation sites (tertiary alicyclic amines) is 1. The second-order valence-corrected chi connectivity index (χ2v) is 4.70. The molecule has 2 rings (SSSR count). The molecule has 1 aliphatic rings. The molecule has 0 aliphatic carbocycles. The number of aliphatic hydroxyl groups is 1. The first-order valence-corrected chi connectivity index (χ1v) is 6.88. The molecule has 0 radical (unpaired) electrons. The molecule has 0 unspecified atom stereocenters. The first kappa shape index (κ1) is 17.2. The van der Waals surface area contributed by atoms with Crippen LogP contribution in [0.15, 0.2) is 15.6 Å². The normalized spacial score (nSPS) is 19.1. The van der Waals surface area contributed by atoms with Crippen LogP contribution in [0.5, 0.6) is 0 Å². The van der Waals surface area contributed by atoms with E-state index < -0.39 is 0 Å². The van der Waals surface area contributed by atoms with E-state index in [1.807, 2.05) is 19.9 Å². The average Bonchev–Trinajstić information content (AvgIpc) is 3.03. The van der Waals surface area contributed by atoms with Crippen molar-refractivity contribution in [3.8, 4) is 0 Å². The highest BCUT2D eigenvalue weighted by atomic mass is 127.